The number of ether oxygens (including phenoxy) is 4. The Morgan fingerprint density at radius 3 is 1.08 bits per heavy atom. The summed E-state index contributed by atoms with van der Waals surface area (Å²) in [5, 5.41) is 0. The van der Waals surface area contributed by atoms with E-state index in [0.29, 0.717) is 46.1 Å². The summed E-state index contributed by atoms with van der Waals surface area (Å²) < 4.78 is 21.9. The highest BCUT2D eigenvalue weighted by molar-refractivity contribution is 5.69. The Morgan fingerprint density at radius 2 is 0.667 bits per heavy atom. The number of rotatable bonds is 34. The smallest absolute Gasteiger partial charge is 0.305 e. The first-order valence-electron chi connectivity index (χ1n) is 17.2. The van der Waals surface area contributed by atoms with Crippen LogP contribution in [-0.2, 0) is 23.7 Å². The molecule has 5 heteroatoms. The lowest BCUT2D eigenvalue weighted by Gasteiger charge is -2.08. The highest BCUT2D eigenvalue weighted by Crippen LogP contribution is 2.14. The van der Waals surface area contributed by atoms with E-state index in [-0.39, 0.29) is 5.97 Å². The largest absolute Gasteiger partial charge is 0.463 e. The predicted octanol–water partition coefficient (Wildman–Crippen LogP) is 9.98. The molecule has 5 nitrogen and oxygen atoms in total. The monoisotopic (exact) mass is 557 g/mol. The fraction of sp³-hybridized carbons (Fsp3) is 0.971. The molecule has 0 N–H and O–H groups in total. The SMILES string of the molecule is CCCCCCCCCCCCCCCCCCOCCOCCOCCOC(=O)CCCCCCCCC. The van der Waals surface area contributed by atoms with Gasteiger partial charge in [0.05, 0.1) is 33.0 Å². The Morgan fingerprint density at radius 1 is 0.359 bits per heavy atom. The molecule has 0 aliphatic carbocycles. The number of carbonyl (C=O) groups excluding carboxylic acids is 1. The van der Waals surface area contributed by atoms with Crippen molar-refractivity contribution in [3.05, 3.63) is 0 Å². The summed E-state index contributed by atoms with van der Waals surface area (Å²) >= 11 is 0. The van der Waals surface area contributed by atoms with Gasteiger partial charge in [0.2, 0.25) is 0 Å². The lowest BCUT2D eigenvalue weighted by atomic mass is 10.0. The van der Waals surface area contributed by atoms with Gasteiger partial charge in [0.1, 0.15) is 6.61 Å². The first kappa shape index (κ1) is 38.4. The van der Waals surface area contributed by atoms with E-state index < -0.39 is 0 Å². The maximum Gasteiger partial charge on any atom is 0.305 e. The lowest BCUT2D eigenvalue weighted by molar-refractivity contribution is -0.145. The molecule has 0 saturated heterocycles. The number of esters is 1. The van der Waals surface area contributed by atoms with E-state index in [1.165, 1.54) is 128 Å². The Hall–Kier alpha value is -0.650. The van der Waals surface area contributed by atoms with Crippen molar-refractivity contribution in [2.24, 2.45) is 0 Å². The third kappa shape index (κ3) is 35.3. The standard InChI is InChI=1S/C34H68O5/c1-3-5-7-9-11-12-13-14-15-16-17-18-19-21-23-25-27-36-28-29-37-30-31-38-32-33-39-34(35)26-24-22-20-10-8-6-4-2/h3-33H2,1-2H3. The summed E-state index contributed by atoms with van der Waals surface area (Å²) in [4.78, 5) is 11.7. The maximum atomic E-state index is 11.7. The summed E-state index contributed by atoms with van der Waals surface area (Å²) in [5.41, 5.74) is 0. The van der Waals surface area contributed by atoms with Gasteiger partial charge in [0.15, 0.2) is 0 Å². The van der Waals surface area contributed by atoms with Crippen molar-refractivity contribution in [1.29, 1.82) is 0 Å². The normalized spacial score (nSPS) is 11.3. The quantitative estimate of drug-likeness (QED) is 0.0583. The van der Waals surface area contributed by atoms with Gasteiger partial charge in [0, 0.05) is 13.0 Å². The van der Waals surface area contributed by atoms with Crippen LogP contribution in [0.1, 0.15) is 168 Å². The van der Waals surface area contributed by atoms with Crippen molar-refractivity contribution in [1.82, 2.24) is 0 Å². The van der Waals surface area contributed by atoms with Crippen LogP contribution in [0.25, 0.3) is 0 Å². The van der Waals surface area contributed by atoms with E-state index in [1.807, 2.05) is 0 Å². The summed E-state index contributed by atoms with van der Waals surface area (Å²) in [6.45, 7) is 8.44. The van der Waals surface area contributed by atoms with E-state index in [0.717, 1.165) is 25.9 Å². The number of hydrogen-bond acceptors (Lipinski definition) is 5. The van der Waals surface area contributed by atoms with Crippen LogP contribution in [0.4, 0.5) is 0 Å². The van der Waals surface area contributed by atoms with E-state index in [9.17, 15) is 4.79 Å². The Kier molecular flexibility index (Phi) is 34.8. The molecule has 0 aliphatic rings. The minimum absolute atomic E-state index is 0.107. The van der Waals surface area contributed by atoms with Crippen LogP contribution in [0, 0.1) is 0 Å². The van der Waals surface area contributed by atoms with Crippen molar-refractivity contribution < 1.29 is 23.7 Å². The highest BCUT2D eigenvalue weighted by atomic mass is 16.6. The van der Waals surface area contributed by atoms with Gasteiger partial charge in [-0.15, -0.1) is 0 Å². The molecular formula is C34H68O5. The first-order chi connectivity index (χ1) is 19.3. The molecule has 0 unspecified atom stereocenters. The molecule has 0 heterocycles. The maximum absolute atomic E-state index is 11.7. The molecular weight excluding hydrogens is 488 g/mol. The highest BCUT2D eigenvalue weighted by Gasteiger charge is 2.02. The third-order valence-electron chi connectivity index (χ3n) is 7.36. The van der Waals surface area contributed by atoms with E-state index in [1.54, 1.807) is 0 Å². The predicted molar refractivity (Wildman–Crippen MR) is 166 cm³/mol. The van der Waals surface area contributed by atoms with Crippen LogP contribution < -0.4 is 0 Å². The van der Waals surface area contributed by atoms with Crippen molar-refractivity contribution in [2.45, 2.75) is 168 Å². The molecule has 0 radical (unpaired) electrons. The molecule has 0 aromatic rings. The topological polar surface area (TPSA) is 54.0 Å². The lowest BCUT2D eigenvalue weighted by Crippen LogP contribution is -2.14. The molecule has 0 bridgehead atoms. The van der Waals surface area contributed by atoms with Gasteiger partial charge in [-0.05, 0) is 12.8 Å². The van der Waals surface area contributed by atoms with Crippen LogP contribution in [0.5, 0.6) is 0 Å². The molecule has 234 valence electrons. The molecule has 0 amide bonds. The minimum atomic E-state index is -0.107. The van der Waals surface area contributed by atoms with Crippen LogP contribution in [0.3, 0.4) is 0 Å². The van der Waals surface area contributed by atoms with Crippen molar-refractivity contribution in [3.63, 3.8) is 0 Å². The van der Waals surface area contributed by atoms with Crippen LogP contribution in [-0.4, -0.2) is 52.2 Å². The second-order valence-corrected chi connectivity index (χ2v) is 11.2. The van der Waals surface area contributed by atoms with Gasteiger partial charge in [-0.1, -0.05) is 149 Å². The molecule has 0 aliphatic heterocycles. The van der Waals surface area contributed by atoms with E-state index >= 15 is 0 Å². The van der Waals surface area contributed by atoms with Crippen molar-refractivity contribution in [3.8, 4) is 0 Å². The Labute approximate surface area is 243 Å². The zero-order valence-corrected chi connectivity index (χ0v) is 26.5. The summed E-state index contributed by atoms with van der Waals surface area (Å²) in [6.07, 6.45) is 31.3. The molecule has 0 fully saturated rings. The second-order valence-electron chi connectivity index (χ2n) is 11.2. The summed E-state index contributed by atoms with van der Waals surface area (Å²) in [5.74, 6) is -0.107. The van der Waals surface area contributed by atoms with Gasteiger partial charge in [-0.3, -0.25) is 4.79 Å². The molecule has 0 rings (SSSR count). The number of hydrogen-bond donors (Lipinski definition) is 0. The summed E-state index contributed by atoms with van der Waals surface area (Å²) in [6, 6.07) is 0. The molecule has 0 spiro atoms. The van der Waals surface area contributed by atoms with Gasteiger partial charge >= 0.3 is 5.97 Å². The number of unbranched alkanes of at least 4 members (excludes halogenated alkanes) is 21. The van der Waals surface area contributed by atoms with Crippen molar-refractivity contribution in [2.75, 3.05) is 46.2 Å². The van der Waals surface area contributed by atoms with Gasteiger partial charge in [-0.2, -0.15) is 0 Å². The first-order valence-corrected chi connectivity index (χ1v) is 17.2. The van der Waals surface area contributed by atoms with Crippen LogP contribution >= 0.6 is 0 Å². The van der Waals surface area contributed by atoms with Crippen LogP contribution in [0.2, 0.25) is 0 Å². The van der Waals surface area contributed by atoms with E-state index in [2.05, 4.69) is 13.8 Å². The Balaban J connectivity index is 3.09. The molecule has 0 aromatic carbocycles. The molecule has 0 atom stereocenters. The molecule has 0 saturated carbocycles. The van der Waals surface area contributed by atoms with Gasteiger partial charge in [-0.25, -0.2) is 0 Å². The van der Waals surface area contributed by atoms with Crippen LogP contribution in [0.15, 0.2) is 0 Å². The second kappa shape index (κ2) is 35.4. The molecule has 0 aromatic heterocycles. The fourth-order valence-corrected chi connectivity index (χ4v) is 4.81. The summed E-state index contributed by atoms with van der Waals surface area (Å²) in [7, 11) is 0. The molecule has 39 heavy (non-hydrogen) atoms. The van der Waals surface area contributed by atoms with Crippen molar-refractivity contribution >= 4 is 5.97 Å². The minimum Gasteiger partial charge on any atom is -0.463 e. The van der Waals surface area contributed by atoms with Gasteiger partial charge < -0.3 is 18.9 Å². The van der Waals surface area contributed by atoms with E-state index in [4.69, 9.17) is 18.9 Å². The zero-order chi connectivity index (χ0) is 28.3. The van der Waals surface area contributed by atoms with Gasteiger partial charge in [0.25, 0.3) is 0 Å². The number of carbonyl (C=O) groups is 1. The zero-order valence-electron chi connectivity index (χ0n) is 26.5. The average molecular weight is 557 g/mol. The Bertz CT molecular complexity index is 457. The average Bonchev–Trinajstić information content (AvgIpc) is 2.94. The fourth-order valence-electron chi connectivity index (χ4n) is 4.81. The third-order valence-corrected chi connectivity index (χ3v) is 7.36.